The van der Waals surface area contributed by atoms with E-state index in [2.05, 4.69) is 4.98 Å². The lowest BCUT2D eigenvalue weighted by molar-refractivity contribution is -0.0265. The summed E-state index contributed by atoms with van der Waals surface area (Å²) in [4.78, 5) is 25.5. The molecule has 3 unspecified atom stereocenters. The van der Waals surface area contributed by atoms with Gasteiger partial charge < -0.3 is 9.26 Å². The highest BCUT2D eigenvalue weighted by molar-refractivity contribution is 7.49. The number of phosphoric acid groups is 1. The second-order valence-electron chi connectivity index (χ2n) is 11.0. The number of H-pyrrole nitrogens is 1. The minimum atomic E-state index is -4.04. The van der Waals surface area contributed by atoms with Gasteiger partial charge in [0.1, 0.15) is 17.8 Å². The Bertz CT molecular complexity index is 1290. The minimum absolute atomic E-state index is 0.103. The third kappa shape index (κ3) is 5.31. The fraction of sp³-hybridized carbons (Fsp3) is 0.583. The Balaban J connectivity index is 1.52. The number of rotatable bonds is 4. The third-order valence-corrected chi connectivity index (χ3v) is 7.48. The summed E-state index contributed by atoms with van der Waals surface area (Å²) in [6.45, 7) is 11.4. The molecule has 0 amide bonds. The van der Waals surface area contributed by atoms with Crippen molar-refractivity contribution in [3.05, 3.63) is 61.7 Å². The zero-order valence-corrected chi connectivity index (χ0v) is 21.7. The van der Waals surface area contributed by atoms with Crippen LogP contribution < -0.4 is 15.8 Å². The van der Waals surface area contributed by atoms with Gasteiger partial charge in [0.05, 0.1) is 24.9 Å². The van der Waals surface area contributed by atoms with Gasteiger partial charge in [0.25, 0.3) is 5.56 Å². The zero-order chi connectivity index (χ0) is 25.8. The van der Waals surface area contributed by atoms with Crippen molar-refractivity contribution in [3.63, 3.8) is 0 Å². The number of phosphoric ester groups is 1. The minimum Gasteiger partial charge on any atom is -0.403 e. The van der Waals surface area contributed by atoms with Crippen LogP contribution in [0.25, 0.3) is 0 Å². The Morgan fingerprint density at radius 3 is 2.46 bits per heavy atom. The number of aromatic amines is 1. The number of ether oxygens (including phenoxy) is 1. The predicted octanol–water partition coefficient (Wildman–Crippen LogP) is 4.68. The summed E-state index contributed by atoms with van der Waals surface area (Å²) in [7, 11) is -4.04. The van der Waals surface area contributed by atoms with Crippen LogP contribution in [0.3, 0.4) is 0 Å². The van der Waals surface area contributed by atoms with E-state index in [1.165, 1.54) is 16.8 Å². The molecule has 192 valence electrons. The van der Waals surface area contributed by atoms with Crippen molar-refractivity contribution < 1.29 is 27.3 Å². The van der Waals surface area contributed by atoms with E-state index in [9.17, 15) is 14.2 Å². The van der Waals surface area contributed by atoms with Crippen LogP contribution in [0.15, 0.2) is 27.9 Å². The highest BCUT2D eigenvalue weighted by Gasteiger charge is 2.41. The van der Waals surface area contributed by atoms with Gasteiger partial charge in [-0.2, -0.15) is 0 Å². The molecule has 3 heterocycles. The molecule has 1 saturated heterocycles. The zero-order valence-electron chi connectivity index (χ0n) is 20.8. The summed E-state index contributed by atoms with van der Waals surface area (Å²) < 4.78 is 52.6. The second-order valence-corrected chi connectivity index (χ2v) is 12.6. The van der Waals surface area contributed by atoms with E-state index in [1.54, 1.807) is 6.07 Å². The fourth-order valence-corrected chi connectivity index (χ4v) is 5.47. The number of nitrogens with zero attached hydrogens (tertiary/aromatic N) is 1. The molecule has 11 heteroatoms. The molecule has 3 atom stereocenters. The van der Waals surface area contributed by atoms with Gasteiger partial charge in [-0.25, -0.2) is 13.8 Å². The second kappa shape index (κ2) is 9.00. The number of fused-ring (bicyclic) bond motifs is 1. The first-order valence-corrected chi connectivity index (χ1v) is 13.1. The van der Waals surface area contributed by atoms with E-state index in [1.807, 2.05) is 41.5 Å². The molecule has 0 aliphatic carbocycles. The number of halogens is 1. The van der Waals surface area contributed by atoms with Crippen LogP contribution in [0.2, 0.25) is 0 Å². The van der Waals surface area contributed by atoms with Gasteiger partial charge in [0.15, 0.2) is 0 Å². The summed E-state index contributed by atoms with van der Waals surface area (Å²) in [6, 6.07) is 3.02. The molecule has 0 radical (unpaired) electrons. The van der Waals surface area contributed by atoms with E-state index in [0.29, 0.717) is 18.4 Å². The van der Waals surface area contributed by atoms with Crippen molar-refractivity contribution >= 4 is 7.82 Å². The van der Waals surface area contributed by atoms with Gasteiger partial charge in [-0.1, -0.05) is 41.5 Å². The lowest BCUT2D eigenvalue weighted by atomic mass is 9.78. The lowest BCUT2D eigenvalue weighted by Gasteiger charge is -2.33. The molecular weight excluding hydrogens is 478 g/mol. The van der Waals surface area contributed by atoms with Crippen LogP contribution in [-0.4, -0.2) is 22.3 Å². The Morgan fingerprint density at radius 1 is 1.14 bits per heavy atom. The molecule has 0 spiro atoms. The Hall–Kier alpha value is -2.26. The van der Waals surface area contributed by atoms with Crippen LogP contribution in [0.4, 0.5) is 4.39 Å². The molecule has 2 aromatic rings. The van der Waals surface area contributed by atoms with E-state index in [4.69, 9.17) is 18.3 Å². The maximum Gasteiger partial charge on any atom is 0.530 e. The van der Waals surface area contributed by atoms with Crippen LogP contribution in [0.5, 0.6) is 5.75 Å². The van der Waals surface area contributed by atoms with Crippen LogP contribution in [-0.2, 0) is 35.8 Å². The summed E-state index contributed by atoms with van der Waals surface area (Å²) in [5, 5.41) is 0. The van der Waals surface area contributed by atoms with E-state index in [-0.39, 0.29) is 24.5 Å². The average Bonchev–Trinajstić information content (AvgIpc) is 3.19. The molecule has 1 aromatic heterocycles. The third-order valence-electron chi connectivity index (χ3n) is 6.16. The lowest BCUT2D eigenvalue weighted by Crippen LogP contribution is -2.31. The van der Waals surface area contributed by atoms with Crippen molar-refractivity contribution in [1.29, 1.82) is 0 Å². The van der Waals surface area contributed by atoms with Gasteiger partial charge in [0, 0.05) is 17.8 Å². The van der Waals surface area contributed by atoms with Crippen LogP contribution in [0.1, 0.15) is 77.3 Å². The van der Waals surface area contributed by atoms with E-state index >= 15 is 4.39 Å². The molecule has 4 rings (SSSR count). The fourth-order valence-electron chi connectivity index (χ4n) is 4.22. The monoisotopic (exact) mass is 510 g/mol. The average molecular weight is 510 g/mol. The van der Waals surface area contributed by atoms with E-state index in [0.717, 1.165) is 5.56 Å². The van der Waals surface area contributed by atoms with Crippen molar-refractivity contribution in [2.24, 2.45) is 0 Å². The van der Waals surface area contributed by atoms with Gasteiger partial charge >= 0.3 is 13.5 Å². The Kier molecular flexibility index (Phi) is 6.64. The highest BCUT2D eigenvalue weighted by atomic mass is 31.2. The van der Waals surface area contributed by atoms with Crippen molar-refractivity contribution in [2.75, 3.05) is 6.61 Å². The van der Waals surface area contributed by atoms with Gasteiger partial charge in [0.2, 0.25) is 0 Å². The number of aromatic nitrogens is 2. The van der Waals surface area contributed by atoms with Gasteiger partial charge in [-0.15, -0.1) is 0 Å². The highest BCUT2D eigenvalue weighted by Crippen LogP contribution is 2.58. The molecule has 2 aliphatic heterocycles. The number of nitrogens with one attached hydrogen (secondary N) is 1. The normalized spacial score (nSPS) is 24.8. The molecule has 0 bridgehead atoms. The predicted molar refractivity (Wildman–Crippen MR) is 127 cm³/mol. The Morgan fingerprint density at radius 2 is 1.83 bits per heavy atom. The van der Waals surface area contributed by atoms with Crippen molar-refractivity contribution in [1.82, 2.24) is 9.55 Å². The van der Waals surface area contributed by atoms with Crippen molar-refractivity contribution in [2.45, 2.75) is 84.2 Å². The van der Waals surface area contributed by atoms with Crippen LogP contribution >= 0.6 is 7.82 Å². The molecular formula is C24H32FN2O7P. The van der Waals surface area contributed by atoms with Crippen LogP contribution in [0, 0.1) is 5.82 Å². The van der Waals surface area contributed by atoms with Crippen molar-refractivity contribution in [3.8, 4) is 5.75 Å². The van der Waals surface area contributed by atoms with Gasteiger partial charge in [-0.05, 0) is 35.3 Å². The first kappa shape index (κ1) is 25.8. The molecule has 0 saturated carbocycles. The first-order valence-electron chi connectivity index (χ1n) is 11.6. The van der Waals surface area contributed by atoms with E-state index < -0.39 is 48.1 Å². The largest absolute Gasteiger partial charge is 0.530 e. The summed E-state index contributed by atoms with van der Waals surface area (Å²) in [5.41, 5.74) is -0.429. The molecule has 35 heavy (non-hydrogen) atoms. The van der Waals surface area contributed by atoms with Gasteiger partial charge in [-0.3, -0.25) is 23.4 Å². The standard InChI is InChI=1S/C24H32FN2O7P/c1-23(2,3)16-11-17(24(4,5)6)21-15(20(16)25)13-32-35(30,34-21)31-12-14-7-8-19(33-14)27-10-9-18(28)26-22(27)29/h9-11,14,19H,7-8,12-13H2,1-6H3,(H,26,28,29). The SMILES string of the molecule is CC(C)(C)c1cc(C(C)(C)C)c2c(c1F)COP(=O)(OCC1CCC(n3ccc(=O)[nH]c3=O)O1)O2. The number of hydrogen-bond acceptors (Lipinski definition) is 7. The number of benzene rings is 1. The topological polar surface area (TPSA) is 109 Å². The Labute approximate surface area is 203 Å². The summed E-state index contributed by atoms with van der Waals surface area (Å²) in [6.07, 6.45) is 1.35. The first-order chi connectivity index (χ1) is 16.2. The molecule has 1 fully saturated rings. The quantitative estimate of drug-likeness (QED) is 0.595. The summed E-state index contributed by atoms with van der Waals surface area (Å²) in [5.74, 6) is -0.234. The summed E-state index contributed by atoms with van der Waals surface area (Å²) >= 11 is 0. The maximum atomic E-state index is 15.4. The smallest absolute Gasteiger partial charge is 0.403 e. The maximum absolute atomic E-state index is 15.4. The molecule has 9 nitrogen and oxygen atoms in total. The number of hydrogen-bond donors (Lipinski definition) is 1. The molecule has 2 aliphatic rings. The molecule has 1 N–H and O–H groups in total. The molecule has 1 aromatic carbocycles.